The van der Waals surface area contributed by atoms with Crippen LogP contribution >= 0.6 is 0 Å². The zero-order valence-electron chi connectivity index (χ0n) is 17.6. The minimum absolute atomic E-state index is 0.0653. The zero-order chi connectivity index (χ0) is 23.2. The quantitative estimate of drug-likeness (QED) is 0.429. The van der Waals surface area contributed by atoms with Crippen molar-refractivity contribution in [2.24, 2.45) is 0 Å². The van der Waals surface area contributed by atoms with Gasteiger partial charge in [0.25, 0.3) is 17.4 Å². The Hall–Kier alpha value is -4.33. The molecule has 0 fully saturated rings. The Kier molecular flexibility index (Phi) is 6.54. The largest absolute Gasteiger partial charge is 0.350 e. The van der Waals surface area contributed by atoms with Crippen LogP contribution in [-0.4, -0.2) is 34.7 Å². The molecule has 4 rings (SSSR count). The number of hydrogen-bond acceptors (Lipinski definition) is 4. The Bertz CT molecular complexity index is 1370. The summed E-state index contributed by atoms with van der Waals surface area (Å²) in [5.74, 6) is -1.66. The van der Waals surface area contributed by atoms with E-state index in [-0.39, 0.29) is 36.5 Å². The Morgan fingerprint density at radius 1 is 0.788 bits per heavy atom. The number of aromatic nitrogens is 2. The summed E-state index contributed by atoms with van der Waals surface area (Å²) in [4.78, 5) is 37.9. The highest BCUT2D eigenvalue weighted by Crippen LogP contribution is 2.14. The smallest absolute Gasteiger partial charge is 0.274 e. The molecule has 33 heavy (non-hydrogen) atoms. The van der Waals surface area contributed by atoms with Gasteiger partial charge in [0.05, 0.1) is 17.5 Å². The van der Waals surface area contributed by atoms with Gasteiger partial charge in [0, 0.05) is 18.5 Å². The first kappa shape index (κ1) is 21.9. The van der Waals surface area contributed by atoms with Gasteiger partial charge < -0.3 is 10.6 Å². The molecular weight excluding hydrogens is 423 g/mol. The lowest BCUT2D eigenvalue weighted by molar-refractivity contribution is 0.0922. The van der Waals surface area contributed by atoms with E-state index in [1.54, 1.807) is 30.3 Å². The molecular formula is C25H21FN4O3. The second-order valence-corrected chi connectivity index (χ2v) is 7.33. The standard InChI is InChI=1S/C25H21FN4O3/c26-21-13-7-6-12-20(21)23(31)27-14-15-28-24(32)22-18-10-4-5-11-19(18)25(33)30(29-22)16-17-8-2-1-3-9-17/h1-13H,14-16H2,(H,27,31)(H,28,32). The van der Waals surface area contributed by atoms with E-state index in [1.807, 2.05) is 30.3 Å². The van der Waals surface area contributed by atoms with E-state index in [0.717, 1.165) is 5.56 Å². The molecule has 0 saturated carbocycles. The number of fused-ring (bicyclic) bond motifs is 1. The van der Waals surface area contributed by atoms with Gasteiger partial charge in [-0.25, -0.2) is 9.07 Å². The van der Waals surface area contributed by atoms with Crippen molar-refractivity contribution in [3.8, 4) is 0 Å². The highest BCUT2D eigenvalue weighted by Gasteiger charge is 2.17. The van der Waals surface area contributed by atoms with E-state index in [9.17, 15) is 18.8 Å². The van der Waals surface area contributed by atoms with Gasteiger partial charge in [-0.3, -0.25) is 14.4 Å². The van der Waals surface area contributed by atoms with Crippen molar-refractivity contribution in [1.82, 2.24) is 20.4 Å². The molecule has 1 heterocycles. The number of rotatable bonds is 7. The number of nitrogens with one attached hydrogen (secondary N) is 2. The van der Waals surface area contributed by atoms with E-state index in [4.69, 9.17) is 0 Å². The molecule has 0 bridgehead atoms. The lowest BCUT2D eigenvalue weighted by atomic mass is 10.1. The van der Waals surface area contributed by atoms with Crippen LogP contribution in [0.25, 0.3) is 10.8 Å². The summed E-state index contributed by atoms with van der Waals surface area (Å²) in [7, 11) is 0. The molecule has 0 radical (unpaired) electrons. The van der Waals surface area contributed by atoms with Crippen LogP contribution in [0.15, 0.2) is 83.7 Å². The molecule has 0 aliphatic carbocycles. The van der Waals surface area contributed by atoms with Gasteiger partial charge in [-0.05, 0) is 23.8 Å². The lowest BCUT2D eigenvalue weighted by Gasteiger charge is -2.12. The van der Waals surface area contributed by atoms with Crippen molar-refractivity contribution in [2.75, 3.05) is 13.1 Å². The summed E-state index contributed by atoms with van der Waals surface area (Å²) < 4.78 is 15.0. The number of carbonyl (C=O) groups excluding carboxylic acids is 2. The summed E-state index contributed by atoms with van der Waals surface area (Å²) in [5, 5.41) is 10.4. The molecule has 3 aromatic carbocycles. The van der Waals surface area contributed by atoms with Crippen molar-refractivity contribution in [3.05, 3.63) is 112 Å². The van der Waals surface area contributed by atoms with Crippen LogP contribution in [0.4, 0.5) is 4.39 Å². The zero-order valence-corrected chi connectivity index (χ0v) is 17.6. The Labute approximate surface area is 188 Å². The van der Waals surface area contributed by atoms with Crippen LogP contribution in [0.1, 0.15) is 26.4 Å². The topological polar surface area (TPSA) is 93.1 Å². The molecule has 0 aliphatic rings. The van der Waals surface area contributed by atoms with E-state index in [2.05, 4.69) is 15.7 Å². The summed E-state index contributed by atoms with van der Waals surface area (Å²) >= 11 is 0. The van der Waals surface area contributed by atoms with E-state index in [1.165, 1.54) is 22.9 Å². The maximum Gasteiger partial charge on any atom is 0.274 e. The fourth-order valence-corrected chi connectivity index (χ4v) is 3.44. The van der Waals surface area contributed by atoms with Gasteiger partial charge >= 0.3 is 0 Å². The van der Waals surface area contributed by atoms with Crippen LogP contribution < -0.4 is 16.2 Å². The highest BCUT2D eigenvalue weighted by atomic mass is 19.1. The lowest BCUT2D eigenvalue weighted by Crippen LogP contribution is -2.36. The molecule has 2 amide bonds. The first-order valence-electron chi connectivity index (χ1n) is 10.4. The van der Waals surface area contributed by atoms with Crippen LogP contribution in [0, 0.1) is 5.82 Å². The molecule has 2 N–H and O–H groups in total. The molecule has 8 heteroatoms. The molecule has 1 aromatic heterocycles. The van der Waals surface area contributed by atoms with Crippen molar-refractivity contribution < 1.29 is 14.0 Å². The Morgan fingerprint density at radius 2 is 1.39 bits per heavy atom. The van der Waals surface area contributed by atoms with Crippen LogP contribution in [0.2, 0.25) is 0 Å². The first-order chi connectivity index (χ1) is 16.0. The van der Waals surface area contributed by atoms with Crippen LogP contribution in [0.5, 0.6) is 0 Å². The minimum atomic E-state index is -0.615. The van der Waals surface area contributed by atoms with Gasteiger partial charge in [-0.1, -0.05) is 60.7 Å². The van der Waals surface area contributed by atoms with Crippen molar-refractivity contribution in [3.63, 3.8) is 0 Å². The third-order valence-electron chi connectivity index (χ3n) is 5.07. The van der Waals surface area contributed by atoms with Crippen molar-refractivity contribution in [2.45, 2.75) is 6.54 Å². The normalized spacial score (nSPS) is 10.7. The fraction of sp³-hybridized carbons (Fsp3) is 0.120. The highest BCUT2D eigenvalue weighted by molar-refractivity contribution is 6.04. The molecule has 0 aliphatic heterocycles. The Balaban J connectivity index is 1.49. The molecule has 0 spiro atoms. The number of nitrogens with zero attached hydrogens (tertiary/aromatic N) is 2. The molecule has 0 unspecified atom stereocenters. The summed E-state index contributed by atoms with van der Waals surface area (Å²) in [5.41, 5.74) is 0.638. The summed E-state index contributed by atoms with van der Waals surface area (Å²) in [6, 6.07) is 21.8. The van der Waals surface area contributed by atoms with Crippen molar-refractivity contribution >= 4 is 22.6 Å². The summed E-state index contributed by atoms with van der Waals surface area (Å²) in [6.07, 6.45) is 0. The summed E-state index contributed by atoms with van der Waals surface area (Å²) in [6.45, 7) is 0.427. The van der Waals surface area contributed by atoms with E-state index < -0.39 is 17.6 Å². The number of hydrogen-bond donors (Lipinski definition) is 2. The second-order valence-electron chi connectivity index (χ2n) is 7.33. The molecule has 7 nitrogen and oxygen atoms in total. The number of amides is 2. The first-order valence-corrected chi connectivity index (χ1v) is 10.4. The van der Waals surface area contributed by atoms with Gasteiger partial charge in [-0.2, -0.15) is 5.10 Å². The molecule has 0 atom stereocenters. The minimum Gasteiger partial charge on any atom is -0.350 e. The average Bonchev–Trinajstić information content (AvgIpc) is 2.84. The van der Waals surface area contributed by atoms with Crippen LogP contribution in [-0.2, 0) is 6.54 Å². The second kappa shape index (κ2) is 9.86. The maximum atomic E-state index is 13.7. The van der Waals surface area contributed by atoms with Crippen LogP contribution in [0.3, 0.4) is 0 Å². The number of halogens is 1. The van der Waals surface area contributed by atoms with E-state index in [0.29, 0.717) is 10.8 Å². The van der Waals surface area contributed by atoms with Gasteiger partial charge in [0.15, 0.2) is 5.69 Å². The Morgan fingerprint density at radius 3 is 2.12 bits per heavy atom. The van der Waals surface area contributed by atoms with Gasteiger partial charge in [-0.15, -0.1) is 0 Å². The SMILES string of the molecule is O=C(NCCNC(=O)c1nn(Cc2ccccc2)c(=O)c2ccccc12)c1ccccc1F. The monoisotopic (exact) mass is 444 g/mol. The van der Waals surface area contributed by atoms with Gasteiger partial charge in [0.2, 0.25) is 0 Å². The molecule has 0 saturated heterocycles. The predicted octanol–water partition coefficient (Wildman–Crippen LogP) is 2.74. The third kappa shape index (κ3) is 4.95. The molecule has 166 valence electrons. The number of benzene rings is 3. The average molecular weight is 444 g/mol. The van der Waals surface area contributed by atoms with Crippen molar-refractivity contribution in [1.29, 1.82) is 0 Å². The van der Waals surface area contributed by atoms with E-state index >= 15 is 0 Å². The number of carbonyl (C=O) groups is 2. The molecule has 4 aromatic rings. The fourth-order valence-electron chi connectivity index (χ4n) is 3.44. The predicted molar refractivity (Wildman–Crippen MR) is 123 cm³/mol. The maximum absolute atomic E-state index is 13.7. The third-order valence-corrected chi connectivity index (χ3v) is 5.07. The van der Waals surface area contributed by atoms with Gasteiger partial charge in [0.1, 0.15) is 5.82 Å².